The van der Waals surface area contributed by atoms with Crippen LogP contribution < -0.4 is 56.5 Å². The summed E-state index contributed by atoms with van der Waals surface area (Å²) in [5.41, 5.74) is 2.57. The first-order valence-corrected chi connectivity index (χ1v) is 4.96. The molecule has 1 aliphatic carbocycles. The molecule has 0 N–H and O–H groups in total. The van der Waals surface area contributed by atoms with E-state index < -0.39 is 0 Å². The van der Waals surface area contributed by atoms with Gasteiger partial charge in [-0.2, -0.15) is 0 Å². The van der Waals surface area contributed by atoms with Gasteiger partial charge in [-0.1, -0.05) is 42.5 Å². The molecule has 0 saturated heterocycles. The zero-order valence-corrected chi connectivity index (χ0v) is 12.2. The molecule has 15 heavy (non-hydrogen) atoms. The molecule has 1 aromatic carbocycles. The first kappa shape index (κ1) is 13.2. The Kier molecular flexibility index (Phi) is 5.86. The van der Waals surface area contributed by atoms with Crippen molar-refractivity contribution in [1.82, 2.24) is 0 Å². The van der Waals surface area contributed by atoms with Gasteiger partial charge in [0.1, 0.15) is 0 Å². The Bertz CT molecular complexity index is 363. The standard InChI is InChI=1S/C13H14O.K/c14-13-8-6-12(7-9-13)10-11-4-2-1-3-5-11;/h2,4-9,14H,1,3,10H2;/q;+1/p-1. The summed E-state index contributed by atoms with van der Waals surface area (Å²) in [5.74, 6) is 0.0851. The molecule has 2 rings (SSSR count). The maximum Gasteiger partial charge on any atom is 1.00 e. The Morgan fingerprint density at radius 1 is 1.07 bits per heavy atom. The van der Waals surface area contributed by atoms with E-state index in [0.717, 1.165) is 19.3 Å². The molecule has 1 aliphatic rings. The van der Waals surface area contributed by atoms with Gasteiger partial charge in [0.2, 0.25) is 0 Å². The van der Waals surface area contributed by atoms with Crippen molar-refractivity contribution in [3.05, 3.63) is 53.6 Å². The molecule has 2 heteroatoms. The average Bonchev–Trinajstić information content (AvgIpc) is 2.23. The largest absolute Gasteiger partial charge is 1.00 e. The van der Waals surface area contributed by atoms with Crippen molar-refractivity contribution >= 4 is 0 Å². The third-order valence-corrected chi connectivity index (χ3v) is 2.40. The van der Waals surface area contributed by atoms with Gasteiger partial charge in [-0.3, -0.25) is 0 Å². The van der Waals surface area contributed by atoms with Crippen molar-refractivity contribution < 1.29 is 56.5 Å². The first-order valence-electron chi connectivity index (χ1n) is 4.96. The van der Waals surface area contributed by atoms with Gasteiger partial charge in [0, 0.05) is 0 Å². The molecule has 1 aromatic rings. The molecule has 0 atom stereocenters. The van der Waals surface area contributed by atoms with Crippen molar-refractivity contribution in [2.24, 2.45) is 0 Å². The van der Waals surface area contributed by atoms with Crippen LogP contribution in [0.5, 0.6) is 5.75 Å². The van der Waals surface area contributed by atoms with Crippen molar-refractivity contribution in [2.45, 2.75) is 19.3 Å². The maximum absolute atomic E-state index is 10.9. The number of allylic oxidation sites excluding steroid dienone is 4. The molecule has 0 saturated carbocycles. The summed E-state index contributed by atoms with van der Waals surface area (Å²) < 4.78 is 0. The van der Waals surface area contributed by atoms with Crippen molar-refractivity contribution in [1.29, 1.82) is 0 Å². The SMILES string of the molecule is [K+].[O-]c1ccc(CC2=CCCC=C2)cc1. The molecule has 0 aliphatic heterocycles. The van der Waals surface area contributed by atoms with E-state index in [0.29, 0.717) is 0 Å². The molecule has 72 valence electrons. The van der Waals surface area contributed by atoms with Crippen LogP contribution in [0.1, 0.15) is 18.4 Å². The van der Waals surface area contributed by atoms with Gasteiger partial charge in [-0.15, -0.1) is 5.75 Å². The van der Waals surface area contributed by atoms with E-state index >= 15 is 0 Å². The summed E-state index contributed by atoms with van der Waals surface area (Å²) in [6.45, 7) is 0. The summed E-state index contributed by atoms with van der Waals surface area (Å²) in [6.07, 6.45) is 9.89. The van der Waals surface area contributed by atoms with E-state index in [2.05, 4.69) is 18.2 Å². The van der Waals surface area contributed by atoms with Crippen molar-refractivity contribution in [3.63, 3.8) is 0 Å². The van der Waals surface area contributed by atoms with E-state index in [1.807, 2.05) is 12.1 Å². The zero-order valence-electron chi connectivity index (χ0n) is 9.07. The maximum atomic E-state index is 10.9. The van der Waals surface area contributed by atoms with Gasteiger partial charge in [-0.25, -0.2) is 0 Å². The summed E-state index contributed by atoms with van der Waals surface area (Å²) >= 11 is 0. The third-order valence-electron chi connectivity index (χ3n) is 2.40. The Hall–Kier alpha value is 0.136. The second-order valence-electron chi connectivity index (χ2n) is 3.58. The summed E-state index contributed by atoms with van der Waals surface area (Å²) in [5, 5.41) is 10.9. The fourth-order valence-corrected chi connectivity index (χ4v) is 1.64. The predicted molar refractivity (Wildman–Crippen MR) is 56.0 cm³/mol. The van der Waals surface area contributed by atoms with Gasteiger partial charge in [-0.05, 0) is 30.4 Å². The van der Waals surface area contributed by atoms with Gasteiger partial charge < -0.3 is 5.11 Å². The minimum atomic E-state index is 0. The van der Waals surface area contributed by atoms with E-state index in [1.54, 1.807) is 12.1 Å². The third kappa shape index (κ3) is 4.25. The quantitative estimate of drug-likeness (QED) is 0.626. The molecular weight excluding hydrogens is 211 g/mol. The van der Waals surface area contributed by atoms with Gasteiger partial charge in [0.25, 0.3) is 0 Å². The molecule has 0 spiro atoms. The first-order chi connectivity index (χ1) is 6.84. The van der Waals surface area contributed by atoms with E-state index in [9.17, 15) is 5.11 Å². The Morgan fingerprint density at radius 3 is 2.40 bits per heavy atom. The minimum Gasteiger partial charge on any atom is -0.872 e. The summed E-state index contributed by atoms with van der Waals surface area (Å²) in [4.78, 5) is 0. The number of benzene rings is 1. The van der Waals surface area contributed by atoms with Crippen molar-refractivity contribution in [3.8, 4) is 5.75 Å². The van der Waals surface area contributed by atoms with E-state index in [1.165, 1.54) is 11.1 Å². The van der Waals surface area contributed by atoms with Crippen LogP contribution in [-0.4, -0.2) is 0 Å². The molecule has 0 unspecified atom stereocenters. The van der Waals surface area contributed by atoms with Gasteiger partial charge >= 0.3 is 51.4 Å². The molecular formula is C13H13KO. The normalized spacial score (nSPS) is 14.3. The Morgan fingerprint density at radius 2 is 1.80 bits per heavy atom. The molecule has 0 amide bonds. The van der Waals surface area contributed by atoms with Crippen LogP contribution in [0.2, 0.25) is 0 Å². The van der Waals surface area contributed by atoms with Crippen LogP contribution >= 0.6 is 0 Å². The van der Waals surface area contributed by atoms with Crippen LogP contribution in [0.3, 0.4) is 0 Å². The van der Waals surface area contributed by atoms with E-state index in [-0.39, 0.29) is 57.1 Å². The van der Waals surface area contributed by atoms with Gasteiger partial charge in [0.15, 0.2) is 0 Å². The fourth-order valence-electron chi connectivity index (χ4n) is 1.64. The molecule has 0 aromatic heterocycles. The van der Waals surface area contributed by atoms with Crippen LogP contribution in [0, 0.1) is 0 Å². The van der Waals surface area contributed by atoms with Crippen molar-refractivity contribution in [2.75, 3.05) is 0 Å². The second kappa shape index (κ2) is 6.66. The minimum absolute atomic E-state index is 0. The average molecular weight is 224 g/mol. The van der Waals surface area contributed by atoms with Crippen LogP contribution in [0.15, 0.2) is 48.1 Å². The van der Waals surface area contributed by atoms with Crippen LogP contribution in [0.4, 0.5) is 0 Å². The topological polar surface area (TPSA) is 23.1 Å². The molecule has 0 heterocycles. The van der Waals surface area contributed by atoms with E-state index in [4.69, 9.17) is 0 Å². The Balaban J connectivity index is 0.00000112. The number of rotatable bonds is 2. The second-order valence-corrected chi connectivity index (χ2v) is 3.58. The molecule has 0 fully saturated rings. The number of hydrogen-bond acceptors (Lipinski definition) is 1. The van der Waals surface area contributed by atoms with Gasteiger partial charge in [0.05, 0.1) is 0 Å². The molecule has 0 bridgehead atoms. The Labute approximate surface area is 133 Å². The summed E-state index contributed by atoms with van der Waals surface area (Å²) in [6, 6.07) is 7.07. The van der Waals surface area contributed by atoms with Crippen LogP contribution in [0.25, 0.3) is 0 Å². The monoisotopic (exact) mass is 224 g/mol. The molecule has 1 nitrogen and oxygen atoms in total. The summed E-state index contributed by atoms with van der Waals surface area (Å²) in [7, 11) is 0. The predicted octanol–water partition coefficient (Wildman–Crippen LogP) is -0.417. The fraction of sp³-hybridized carbons (Fsp3) is 0.231. The van der Waals surface area contributed by atoms with Crippen LogP contribution in [-0.2, 0) is 6.42 Å². The number of hydrogen-bond donors (Lipinski definition) is 0. The smallest absolute Gasteiger partial charge is 0.872 e. The zero-order chi connectivity index (χ0) is 9.80. The molecule has 0 radical (unpaired) electrons.